The Morgan fingerprint density at radius 3 is 2.61 bits per heavy atom. The van der Waals surface area contributed by atoms with Gasteiger partial charge in [0.05, 0.1) is 0 Å². The first-order chi connectivity index (χ1) is 13.7. The third kappa shape index (κ3) is 4.43. The monoisotopic (exact) mass is 410 g/mol. The van der Waals surface area contributed by atoms with E-state index >= 15 is 0 Å². The minimum atomic E-state index is -0.133. The lowest BCUT2D eigenvalue weighted by molar-refractivity contribution is 0.214. The summed E-state index contributed by atoms with van der Waals surface area (Å²) in [5, 5.41) is 3.47. The molecule has 0 aromatic heterocycles. The number of nitrogens with one attached hydrogen (secondary N) is 1. The third-order valence-electron chi connectivity index (χ3n) is 4.35. The van der Waals surface area contributed by atoms with Gasteiger partial charge in [-0.25, -0.2) is 4.79 Å². The van der Waals surface area contributed by atoms with Gasteiger partial charge in [0.1, 0.15) is 16.9 Å². The minimum absolute atomic E-state index is 0.0569. The molecule has 1 heterocycles. The quantitative estimate of drug-likeness (QED) is 0.540. The Labute approximate surface area is 173 Å². The normalized spacial score (nSPS) is 16.0. The molecule has 28 heavy (non-hydrogen) atoms. The zero-order chi connectivity index (χ0) is 19.3. The van der Waals surface area contributed by atoms with Crippen LogP contribution < -0.4 is 10.1 Å². The summed E-state index contributed by atoms with van der Waals surface area (Å²) in [5.41, 5.74) is 1.73. The lowest BCUT2D eigenvalue weighted by atomic mass is 10.2. The van der Waals surface area contributed by atoms with E-state index in [9.17, 15) is 4.79 Å². The van der Waals surface area contributed by atoms with Crippen molar-refractivity contribution in [3.05, 3.63) is 89.4 Å². The number of hydrogen-bond donors (Lipinski definition) is 1. The van der Waals surface area contributed by atoms with Crippen molar-refractivity contribution in [2.24, 2.45) is 0 Å². The number of benzene rings is 3. The van der Waals surface area contributed by atoms with E-state index < -0.39 is 0 Å². The molecular formula is C22H19ClN2O2S. The standard InChI is InChI=1S/C22H19ClN2O2S/c23-17-7-5-8-18(15-17)24-22(26)25-12-13-28-21(25)16-6-4-11-20(14-16)27-19-9-2-1-3-10-19/h1-11,14-15,21H,12-13H2,(H,24,26). The van der Waals surface area contributed by atoms with E-state index in [2.05, 4.69) is 5.32 Å². The van der Waals surface area contributed by atoms with Crippen molar-refractivity contribution in [2.45, 2.75) is 5.37 Å². The fourth-order valence-electron chi connectivity index (χ4n) is 3.07. The first-order valence-corrected chi connectivity index (χ1v) is 10.4. The lowest BCUT2D eigenvalue weighted by Gasteiger charge is -2.24. The molecule has 4 rings (SSSR count). The highest BCUT2D eigenvalue weighted by molar-refractivity contribution is 7.99. The van der Waals surface area contributed by atoms with Crippen LogP contribution in [0.2, 0.25) is 5.02 Å². The van der Waals surface area contributed by atoms with Gasteiger partial charge < -0.3 is 15.0 Å². The minimum Gasteiger partial charge on any atom is -0.457 e. The van der Waals surface area contributed by atoms with Crippen LogP contribution in [0.15, 0.2) is 78.9 Å². The molecule has 1 N–H and O–H groups in total. The number of nitrogens with zero attached hydrogens (tertiary/aromatic N) is 1. The first-order valence-electron chi connectivity index (χ1n) is 8.97. The maximum Gasteiger partial charge on any atom is 0.323 e. The fourth-order valence-corrected chi connectivity index (χ4v) is 4.51. The summed E-state index contributed by atoms with van der Waals surface area (Å²) >= 11 is 7.76. The van der Waals surface area contributed by atoms with Gasteiger partial charge in [0.25, 0.3) is 0 Å². The number of carbonyl (C=O) groups is 1. The molecule has 1 fully saturated rings. The second-order valence-corrected chi connectivity index (χ2v) is 7.97. The number of halogens is 1. The molecule has 3 aromatic carbocycles. The van der Waals surface area contributed by atoms with Crippen LogP contribution in [0.3, 0.4) is 0 Å². The van der Waals surface area contributed by atoms with Crippen LogP contribution in [0.25, 0.3) is 0 Å². The molecule has 4 nitrogen and oxygen atoms in total. The lowest BCUT2D eigenvalue weighted by Crippen LogP contribution is -2.34. The zero-order valence-electron chi connectivity index (χ0n) is 15.0. The van der Waals surface area contributed by atoms with Gasteiger partial charge in [-0.15, -0.1) is 11.8 Å². The SMILES string of the molecule is O=C(Nc1cccc(Cl)c1)N1CCSC1c1cccc(Oc2ccccc2)c1. The van der Waals surface area contributed by atoms with Crippen LogP contribution in [0.1, 0.15) is 10.9 Å². The fraction of sp³-hybridized carbons (Fsp3) is 0.136. The topological polar surface area (TPSA) is 41.6 Å². The number of amides is 2. The van der Waals surface area contributed by atoms with Gasteiger partial charge in [-0.05, 0) is 48.0 Å². The molecule has 0 spiro atoms. The van der Waals surface area contributed by atoms with Crippen LogP contribution in [-0.4, -0.2) is 23.2 Å². The zero-order valence-corrected chi connectivity index (χ0v) is 16.6. The predicted octanol–water partition coefficient (Wildman–Crippen LogP) is 6.41. The molecule has 142 valence electrons. The van der Waals surface area contributed by atoms with Crippen LogP contribution in [0.5, 0.6) is 11.5 Å². The number of thioether (sulfide) groups is 1. The van der Waals surface area contributed by atoms with Gasteiger partial charge in [0.15, 0.2) is 0 Å². The van der Waals surface area contributed by atoms with Crippen molar-refractivity contribution in [1.82, 2.24) is 4.90 Å². The van der Waals surface area contributed by atoms with Crippen LogP contribution in [0, 0.1) is 0 Å². The van der Waals surface area contributed by atoms with E-state index in [4.69, 9.17) is 16.3 Å². The number of para-hydroxylation sites is 1. The van der Waals surface area contributed by atoms with Crippen molar-refractivity contribution in [2.75, 3.05) is 17.6 Å². The Morgan fingerprint density at radius 2 is 1.79 bits per heavy atom. The van der Waals surface area contributed by atoms with Crippen molar-refractivity contribution >= 4 is 35.1 Å². The molecule has 1 saturated heterocycles. The average molecular weight is 411 g/mol. The van der Waals surface area contributed by atoms with E-state index in [0.29, 0.717) is 17.3 Å². The summed E-state index contributed by atoms with van der Waals surface area (Å²) in [6, 6.07) is 24.6. The molecule has 0 bridgehead atoms. The summed E-state index contributed by atoms with van der Waals surface area (Å²) in [6.07, 6.45) is 0. The van der Waals surface area contributed by atoms with E-state index in [1.807, 2.05) is 71.6 Å². The van der Waals surface area contributed by atoms with Gasteiger partial charge in [-0.3, -0.25) is 0 Å². The summed E-state index contributed by atoms with van der Waals surface area (Å²) in [7, 11) is 0. The Morgan fingerprint density at radius 1 is 1.00 bits per heavy atom. The molecule has 6 heteroatoms. The number of ether oxygens (including phenoxy) is 1. The number of rotatable bonds is 4. The first kappa shape index (κ1) is 18.7. The Hall–Kier alpha value is -2.63. The van der Waals surface area contributed by atoms with Crippen molar-refractivity contribution < 1.29 is 9.53 Å². The highest BCUT2D eigenvalue weighted by Crippen LogP contribution is 2.39. The van der Waals surface area contributed by atoms with Crippen LogP contribution in [0.4, 0.5) is 10.5 Å². The van der Waals surface area contributed by atoms with E-state index in [0.717, 1.165) is 22.8 Å². The molecule has 3 aromatic rings. The maximum atomic E-state index is 12.8. The number of anilines is 1. The molecule has 0 aliphatic carbocycles. The Kier molecular flexibility index (Phi) is 5.74. The number of urea groups is 1. The van der Waals surface area contributed by atoms with E-state index in [1.54, 1.807) is 23.9 Å². The predicted molar refractivity (Wildman–Crippen MR) is 115 cm³/mol. The molecule has 1 atom stereocenters. The highest BCUT2D eigenvalue weighted by atomic mass is 35.5. The molecule has 0 radical (unpaired) electrons. The number of carbonyl (C=O) groups excluding carboxylic acids is 1. The van der Waals surface area contributed by atoms with Crippen molar-refractivity contribution in [3.8, 4) is 11.5 Å². The van der Waals surface area contributed by atoms with Crippen molar-refractivity contribution in [1.29, 1.82) is 0 Å². The number of hydrogen-bond acceptors (Lipinski definition) is 3. The van der Waals surface area contributed by atoms with Gasteiger partial charge in [-0.2, -0.15) is 0 Å². The Balaban J connectivity index is 1.50. The second-order valence-electron chi connectivity index (χ2n) is 6.34. The smallest absolute Gasteiger partial charge is 0.323 e. The summed E-state index contributed by atoms with van der Waals surface area (Å²) in [4.78, 5) is 14.7. The third-order valence-corrected chi connectivity index (χ3v) is 5.85. The molecule has 1 aliphatic rings. The molecular weight excluding hydrogens is 392 g/mol. The maximum absolute atomic E-state index is 12.8. The van der Waals surface area contributed by atoms with E-state index in [-0.39, 0.29) is 11.4 Å². The highest BCUT2D eigenvalue weighted by Gasteiger charge is 2.31. The van der Waals surface area contributed by atoms with Gasteiger partial charge >= 0.3 is 6.03 Å². The molecule has 1 aliphatic heterocycles. The molecule has 0 saturated carbocycles. The Bertz CT molecular complexity index is 968. The second kappa shape index (κ2) is 8.59. The van der Waals surface area contributed by atoms with Crippen molar-refractivity contribution in [3.63, 3.8) is 0 Å². The van der Waals surface area contributed by atoms with Crippen LogP contribution >= 0.6 is 23.4 Å². The van der Waals surface area contributed by atoms with Gasteiger partial charge in [-0.1, -0.05) is 48.0 Å². The molecule has 2 amide bonds. The van der Waals surface area contributed by atoms with E-state index in [1.165, 1.54) is 0 Å². The summed E-state index contributed by atoms with van der Waals surface area (Å²) in [5.74, 6) is 2.43. The van der Waals surface area contributed by atoms with Crippen LogP contribution in [-0.2, 0) is 0 Å². The average Bonchev–Trinajstić information content (AvgIpc) is 3.19. The summed E-state index contributed by atoms with van der Waals surface area (Å²) < 4.78 is 5.94. The largest absolute Gasteiger partial charge is 0.457 e. The van der Waals surface area contributed by atoms with Gasteiger partial charge in [0.2, 0.25) is 0 Å². The summed E-state index contributed by atoms with van der Waals surface area (Å²) in [6.45, 7) is 0.686. The molecule has 1 unspecified atom stereocenters. The van der Waals surface area contributed by atoms with Gasteiger partial charge in [0, 0.05) is 23.0 Å².